The number of aromatic amines is 1. The molecule has 0 bridgehead atoms. The van der Waals surface area contributed by atoms with Crippen LogP contribution in [0.5, 0.6) is 5.75 Å². The van der Waals surface area contributed by atoms with Crippen LogP contribution in [0.2, 0.25) is 0 Å². The Kier molecular flexibility index (Phi) is 4.13. The Bertz CT molecular complexity index is 655. The number of H-pyrrole nitrogens is 1. The number of rotatable bonds is 5. The highest BCUT2D eigenvalue weighted by Crippen LogP contribution is 2.35. The summed E-state index contributed by atoms with van der Waals surface area (Å²) in [5.41, 5.74) is 6.35. The Morgan fingerprint density at radius 3 is 2.81 bits per heavy atom. The van der Waals surface area contributed by atoms with Crippen LogP contribution in [-0.2, 0) is 9.53 Å². The number of ether oxygens (including phenoxy) is 2. The maximum absolute atomic E-state index is 14.0. The van der Waals surface area contributed by atoms with Gasteiger partial charge < -0.3 is 20.2 Å². The summed E-state index contributed by atoms with van der Waals surface area (Å²) >= 11 is 0. The summed E-state index contributed by atoms with van der Waals surface area (Å²) in [6.45, 7) is 1.32. The van der Waals surface area contributed by atoms with Gasteiger partial charge in [-0.2, -0.15) is 8.78 Å². The van der Waals surface area contributed by atoms with Crippen LogP contribution >= 0.6 is 0 Å². The number of methoxy groups -OCH3 is 1. The molecule has 0 unspecified atom stereocenters. The smallest absolute Gasteiger partial charge is 0.379 e. The number of benzene rings is 1. The third kappa shape index (κ3) is 2.69. The third-order valence-corrected chi connectivity index (χ3v) is 3.19. The van der Waals surface area contributed by atoms with E-state index in [4.69, 9.17) is 10.5 Å². The highest BCUT2D eigenvalue weighted by Gasteiger charge is 2.48. The molecule has 1 aromatic heterocycles. The van der Waals surface area contributed by atoms with E-state index in [-0.39, 0.29) is 12.2 Å². The average Bonchev–Trinajstić information content (AvgIpc) is 2.89. The second-order valence-corrected chi connectivity index (χ2v) is 4.48. The van der Waals surface area contributed by atoms with Crippen molar-refractivity contribution in [3.8, 4) is 5.75 Å². The summed E-state index contributed by atoms with van der Waals surface area (Å²) < 4.78 is 37.5. The molecule has 2 aromatic rings. The normalized spacial score (nSPS) is 13.2. The van der Waals surface area contributed by atoms with Gasteiger partial charge >= 0.3 is 11.9 Å². The standard InChI is InChI=1S/C14H16F2N2O3/c1-3-21-13(19)14(15,16)12(17)10-7-18-11-5-4-8(20-2)6-9(10)11/h4-7,12,18H,3,17H2,1-2H3/t12-/m0/s1. The summed E-state index contributed by atoms with van der Waals surface area (Å²) in [4.78, 5) is 14.2. The van der Waals surface area contributed by atoms with Crippen molar-refractivity contribution in [2.45, 2.75) is 18.9 Å². The molecular weight excluding hydrogens is 282 g/mol. The van der Waals surface area contributed by atoms with Crippen LogP contribution < -0.4 is 10.5 Å². The zero-order chi connectivity index (χ0) is 15.6. The zero-order valence-electron chi connectivity index (χ0n) is 11.7. The van der Waals surface area contributed by atoms with Gasteiger partial charge in [-0.25, -0.2) is 4.79 Å². The van der Waals surface area contributed by atoms with Crippen molar-refractivity contribution in [1.29, 1.82) is 0 Å². The molecular formula is C14H16F2N2O3. The van der Waals surface area contributed by atoms with Crippen LogP contribution in [0.25, 0.3) is 10.9 Å². The maximum atomic E-state index is 14.0. The first-order valence-corrected chi connectivity index (χ1v) is 6.37. The Morgan fingerprint density at radius 2 is 2.19 bits per heavy atom. The minimum Gasteiger partial charge on any atom is -0.497 e. The molecule has 114 valence electrons. The highest BCUT2D eigenvalue weighted by atomic mass is 19.3. The molecule has 0 radical (unpaired) electrons. The summed E-state index contributed by atoms with van der Waals surface area (Å²) in [5.74, 6) is -4.93. The van der Waals surface area contributed by atoms with E-state index in [1.165, 1.54) is 20.2 Å². The molecule has 0 aliphatic rings. The molecule has 1 heterocycles. The molecule has 3 N–H and O–H groups in total. The molecule has 0 saturated carbocycles. The molecule has 0 fully saturated rings. The number of carbonyl (C=O) groups is 1. The average molecular weight is 298 g/mol. The first-order valence-electron chi connectivity index (χ1n) is 6.37. The number of halogens is 2. The topological polar surface area (TPSA) is 77.3 Å². The fourth-order valence-corrected chi connectivity index (χ4v) is 2.06. The molecule has 0 saturated heterocycles. The molecule has 1 aromatic carbocycles. The highest BCUT2D eigenvalue weighted by molar-refractivity contribution is 5.87. The second kappa shape index (κ2) is 5.69. The van der Waals surface area contributed by atoms with E-state index < -0.39 is 17.9 Å². The largest absolute Gasteiger partial charge is 0.497 e. The van der Waals surface area contributed by atoms with Gasteiger partial charge in [0, 0.05) is 22.7 Å². The zero-order valence-corrected chi connectivity index (χ0v) is 11.7. The van der Waals surface area contributed by atoms with Gasteiger partial charge in [-0.1, -0.05) is 0 Å². The SMILES string of the molecule is CCOC(=O)C(F)(F)[C@@H](N)c1c[nH]c2ccc(OC)cc12. The van der Waals surface area contributed by atoms with Crippen LogP contribution in [-0.4, -0.2) is 30.6 Å². The van der Waals surface area contributed by atoms with E-state index in [9.17, 15) is 13.6 Å². The van der Waals surface area contributed by atoms with Crippen LogP contribution in [0.3, 0.4) is 0 Å². The molecule has 21 heavy (non-hydrogen) atoms. The fourth-order valence-electron chi connectivity index (χ4n) is 2.06. The lowest BCUT2D eigenvalue weighted by Crippen LogP contribution is -2.41. The van der Waals surface area contributed by atoms with E-state index in [1.54, 1.807) is 18.2 Å². The van der Waals surface area contributed by atoms with Crippen LogP contribution in [0, 0.1) is 0 Å². The molecule has 0 aliphatic heterocycles. The lowest BCUT2D eigenvalue weighted by Gasteiger charge is -2.21. The lowest BCUT2D eigenvalue weighted by atomic mass is 10.0. The number of nitrogens with two attached hydrogens (primary N) is 1. The summed E-state index contributed by atoms with van der Waals surface area (Å²) in [5, 5.41) is 0.478. The Morgan fingerprint density at radius 1 is 1.48 bits per heavy atom. The molecule has 5 nitrogen and oxygen atoms in total. The van der Waals surface area contributed by atoms with Crippen molar-refractivity contribution in [2.24, 2.45) is 5.73 Å². The van der Waals surface area contributed by atoms with Crippen molar-refractivity contribution in [2.75, 3.05) is 13.7 Å². The van der Waals surface area contributed by atoms with Gasteiger partial charge in [0.25, 0.3) is 0 Å². The monoisotopic (exact) mass is 298 g/mol. The minimum atomic E-state index is -3.81. The van der Waals surface area contributed by atoms with Gasteiger partial charge in [0.2, 0.25) is 0 Å². The summed E-state index contributed by atoms with van der Waals surface area (Å²) in [7, 11) is 1.47. The minimum absolute atomic E-state index is 0.127. The van der Waals surface area contributed by atoms with Gasteiger partial charge in [0.05, 0.1) is 13.7 Å². The Hall–Kier alpha value is -2.15. The first-order chi connectivity index (χ1) is 9.91. The number of fused-ring (bicyclic) bond motifs is 1. The van der Waals surface area contributed by atoms with E-state index in [1.807, 2.05) is 0 Å². The van der Waals surface area contributed by atoms with Gasteiger partial charge in [0.15, 0.2) is 0 Å². The predicted octanol–water partition coefficient (Wildman–Crippen LogP) is 2.37. The van der Waals surface area contributed by atoms with Crippen molar-refractivity contribution < 1.29 is 23.0 Å². The fraction of sp³-hybridized carbons (Fsp3) is 0.357. The quantitative estimate of drug-likeness (QED) is 0.831. The number of hydrogen-bond acceptors (Lipinski definition) is 4. The molecule has 1 atom stereocenters. The predicted molar refractivity (Wildman–Crippen MR) is 73.4 cm³/mol. The van der Waals surface area contributed by atoms with Crippen molar-refractivity contribution in [1.82, 2.24) is 4.98 Å². The maximum Gasteiger partial charge on any atom is 0.379 e. The summed E-state index contributed by atoms with van der Waals surface area (Å²) in [6.07, 6.45) is 1.36. The number of nitrogens with one attached hydrogen (secondary N) is 1. The van der Waals surface area contributed by atoms with Gasteiger partial charge in [-0.05, 0) is 25.1 Å². The van der Waals surface area contributed by atoms with Gasteiger partial charge in [0.1, 0.15) is 11.8 Å². The molecule has 0 spiro atoms. The van der Waals surface area contributed by atoms with Crippen molar-refractivity contribution in [3.05, 3.63) is 30.0 Å². The molecule has 0 aliphatic carbocycles. The van der Waals surface area contributed by atoms with E-state index in [0.29, 0.717) is 16.7 Å². The van der Waals surface area contributed by atoms with Crippen LogP contribution in [0.4, 0.5) is 8.78 Å². The number of hydrogen-bond donors (Lipinski definition) is 2. The van der Waals surface area contributed by atoms with E-state index >= 15 is 0 Å². The van der Waals surface area contributed by atoms with Gasteiger partial charge in [-0.3, -0.25) is 0 Å². The second-order valence-electron chi connectivity index (χ2n) is 4.48. The van der Waals surface area contributed by atoms with E-state index in [2.05, 4.69) is 9.72 Å². The lowest BCUT2D eigenvalue weighted by molar-refractivity contribution is -0.174. The Balaban J connectivity index is 2.43. The van der Waals surface area contributed by atoms with Gasteiger partial charge in [-0.15, -0.1) is 0 Å². The van der Waals surface area contributed by atoms with Crippen molar-refractivity contribution >= 4 is 16.9 Å². The molecule has 7 heteroatoms. The van der Waals surface area contributed by atoms with E-state index in [0.717, 1.165) is 0 Å². The van der Waals surface area contributed by atoms with Crippen LogP contribution in [0.1, 0.15) is 18.5 Å². The first kappa shape index (κ1) is 15.2. The molecule has 2 rings (SSSR count). The number of carbonyl (C=O) groups excluding carboxylic acids is 1. The van der Waals surface area contributed by atoms with Crippen molar-refractivity contribution in [3.63, 3.8) is 0 Å². The number of aromatic nitrogens is 1. The third-order valence-electron chi connectivity index (χ3n) is 3.19. The number of esters is 1. The molecule has 0 amide bonds. The number of alkyl halides is 2. The van der Waals surface area contributed by atoms with Crippen LogP contribution in [0.15, 0.2) is 24.4 Å². The summed E-state index contributed by atoms with van der Waals surface area (Å²) in [6, 6.07) is 3.16. The Labute approximate surface area is 120 Å².